The lowest BCUT2D eigenvalue weighted by Gasteiger charge is -2.10. The summed E-state index contributed by atoms with van der Waals surface area (Å²) in [5.74, 6) is 0. The van der Waals surface area contributed by atoms with E-state index >= 15 is 0 Å². The van der Waals surface area contributed by atoms with Gasteiger partial charge in [-0.15, -0.1) is 0 Å². The first-order valence-electron chi connectivity index (χ1n) is 5.00. The minimum Gasteiger partial charge on any atom is -0.343 e. The zero-order valence-corrected chi connectivity index (χ0v) is 10.5. The minimum absolute atomic E-state index is 0.229. The Labute approximate surface area is 104 Å². The quantitative estimate of drug-likeness (QED) is 0.732. The molecule has 0 aliphatic rings. The number of carbonyl (C=O) groups is 1. The molecule has 0 aliphatic heterocycles. The van der Waals surface area contributed by atoms with Crippen molar-refractivity contribution < 1.29 is 4.79 Å². The van der Waals surface area contributed by atoms with E-state index in [-0.39, 0.29) is 6.04 Å². The zero-order valence-electron chi connectivity index (χ0n) is 9.00. The van der Waals surface area contributed by atoms with Gasteiger partial charge in [0.05, 0.1) is 15.6 Å². The first kappa shape index (κ1) is 11.5. The number of aromatic nitrogens is 1. The number of carbonyl (C=O) groups excluding carboxylic acids is 1. The Kier molecular flexibility index (Phi) is 2.96. The Morgan fingerprint density at radius 3 is 2.44 bits per heavy atom. The molecule has 0 unspecified atom stereocenters. The molecule has 0 aliphatic carbocycles. The normalized spacial score (nSPS) is 11.3. The summed E-state index contributed by atoms with van der Waals surface area (Å²) in [7, 11) is 0. The van der Waals surface area contributed by atoms with E-state index in [9.17, 15) is 4.79 Å². The van der Waals surface area contributed by atoms with Gasteiger partial charge in [0.2, 0.25) is 0 Å². The van der Waals surface area contributed by atoms with Gasteiger partial charge in [-0.3, -0.25) is 4.79 Å². The molecular formula is C12H11Cl2NO. The number of hydrogen-bond acceptors (Lipinski definition) is 1. The monoisotopic (exact) mass is 255 g/mol. The Balaban J connectivity index is 2.95. The summed E-state index contributed by atoms with van der Waals surface area (Å²) in [6.45, 7) is 4.07. The average molecular weight is 256 g/mol. The molecule has 0 saturated carbocycles. The molecule has 0 bridgehead atoms. The lowest BCUT2D eigenvalue weighted by atomic mass is 10.2. The molecule has 1 aromatic carbocycles. The van der Waals surface area contributed by atoms with Gasteiger partial charge in [-0.05, 0) is 26.0 Å². The van der Waals surface area contributed by atoms with Crippen LogP contribution in [0, 0.1) is 0 Å². The van der Waals surface area contributed by atoms with Crippen molar-refractivity contribution in [1.29, 1.82) is 0 Å². The van der Waals surface area contributed by atoms with Crippen molar-refractivity contribution in [2.45, 2.75) is 19.9 Å². The fraction of sp³-hybridized carbons (Fsp3) is 0.250. The standard InChI is InChI=1S/C12H11Cl2NO/c1-7(2)15-5-8(6-16)11-9(13)3-4-10(14)12(11)15/h3-7H,1-2H3. The van der Waals surface area contributed by atoms with Gasteiger partial charge in [-0.25, -0.2) is 0 Å². The number of nitrogens with zero attached hydrogens (tertiary/aromatic N) is 1. The molecular weight excluding hydrogens is 245 g/mol. The first-order chi connectivity index (χ1) is 7.56. The summed E-state index contributed by atoms with van der Waals surface area (Å²) in [6.07, 6.45) is 2.60. The van der Waals surface area contributed by atoms with Crippen LogP contribution in [0.25, 0.3) is 10.9 Å². The van der Waals surface area contributed by atoms with E-state index in [0.29, 0.717) is 15.6 Å². The smallest absolute Gasteiger partial charge is 0.152 e. The zero-order chi connectivity index (χ0) is 11.9. The van der Waals surface area contributed by atoms with Gasteiger partial charge < -0.3 is 4.57 Å². The van der Waals surface area contributed by atoms with Crippen molar-refractivity contribution in [3.8, 4) is 0 Å². The van der Waals surface area contributed by atoms with Crippen molar-refractivity contribution in [2.24, 2.45) is 0 Å². The number of rotatable bonds is 2. The van der Waals surface area contributed by atoms with Gasteiger partial charge in [-0.2, -0.15) is 0 Å². The van der Waals surface area contributed by atoms with Gasteiger partial charge in [-0.1, -0.05) is 23.2 Å². The van der Waals surface area contributed by atoms with Crippen LogP contribution < -0.4 is 0 Å². The third-order valence-electron chi connectivity index (χ3n) is 2.59. The number of benzene rings is 1. The Morgan fingerprint density at radius 1 is 1.25 bits per heavy atom. The van der Waals surface area contributed by atoms with Crippen LogP contribution in [-0.4, -0.2) is 10.9 Å². The third-order valence-corrected chi connectivity index (χ3v) is 3.21. The second kappa shape index (κ2) is 4.11. The molecule has 0 atom stereocenters. The molecule has 4 heteroatoms. The van der Waals surface area contributed by atoms with Crippen LogP contribution in [0.2, 0.25) is 10.0 Å². The highest BCUT2D eigenvalue weighted by atomic mass is 35.5. The van der Waals surface area contributed by atoms with E-state index in [1.807, 2.05) is 18.4 Å². The lowest BCUT2D eigenvalue weighted by Crippen LogP contribution is -1.98. The highest BCUT2D eigenvalue weighted by Crippen LogP contribution is 2.34. The molecule has 0 fully saturated rings. The van der Waals surface area contributed by atoms with Crippen LogP contribution in [0.15, 0.2) is 18.3 Å². The number of hydrogen-bond donors (Lipinski definition) is 0. The first-order valence-corrected chi connectivity index (χ1v) is 5.75. The second-order valence-electron chi connectivity index (χ2n) is 3.96. The topological polar surface area (TPSA) is 22.0 Å². The van der Waals surface area contributed by atoms with E-state index in [2.05, 4.69) is 0 Å². The fourth-order valence-electron chi connectivity index (χ4n) is 1.84. The predicted octanol–water partition coefficient (Wildman–Crippen LogP) is 4.34. The molecule has 0 radical (unpaired) electrons. The van der Waals surface area contributed by atoms with Crippen LogP contribution >= 0.6 is 23.2 Å². The number of aldehydes is 1. The molecule has 2 aromatic rings. The van der Waals surface area contributed by atoms with Crippen molar-refractivity contribution in [2.75, 3.05) is 0 Å². The summed E-state index contributed by atoms with van der Waals surface area (Å²) in [6, 6.07) is 3.69. The molecule has 84 valence electrons. The van der Waals surface area contributed by atoms with E-state index in [4.69, 9.17) is 23.2 Å². The summed E-state index contributed by atoms with van der Waals surface area (Å²) >= 11 is 12.3. The second-order valence-corrected chi connectivity index (χ2v) is 4.77. The Morgan fingerprint density at radius 2 is 1.88 bits per heavy atom. The maximum Gasteiger partial charge on any atom is 0.152 e. The molecule has 2 rings (SSSR count). The third kappa shape index (κ3) is 1.62. The molecule has 0 spiro atoms. The van der Waals surface area contributed by atoms with Crippen molar-refractivity contribution in [1.82, 2.24) is 4.57 Å². The van der Waals surface area contributed by atoms with Crippen LogP contribution in [0.5, 0.6) is 0 Å². The van der Waals surface area contributed by atoms with Crippen LogP contribution in [0.4, 0.5) is 0 Å². The highest BCUT2D eigenvalue weighted by Gasteiger charge is 2.15. The average Bonchev–Trinajstić information content (AvgIpc) is 2.64. The maximum absolute atomic E-state index is 11.0. The predicted molar refractivity (Wildman–Crippen MR) is 67.7 cm³/mol. The van der Waals surface area contributed by atoms with E-state index < -0.39 is 0 Å². The van der Waals surface area contributed by atoms with E-state index in [1.165, 1.54) is 0 Å². The van der Waals surface area contributed by atoms with Crippen LogP contribution in [0.3, 0.4) is 0 Å². The molecule has 0 amide bonds. The Hall–Kier alpha value is -0.990. The largest absolute Gasteiger partial charge is 0.343 e. The highest BCUT2D eigenvalue weighted by molar-refractivity contribution is 6.40. The van der Waals surface area contributed by atoms with Crippen molar-refractivity contribution >= 4 is 40.4 Å². The summed E-state index contributed by atoms with van der Waals surface area (Å²) in [5.41, 5.74) is 1.41. The van der Waals surface area contributed by atoms with Crippen molar-refractivity contribution in [3.05, 3.63) is 33.9 Å². The van der Waals surface area contributed by atoms with Crippen LogP contribution in [-0.2, 0) is 0 Å². The van der Waals surface area contributed by atoms with Gasteiger partial charge in [0.25, 0.3) is 0 Å². The molecule has 1 heterocycles. The number of fused-ring (bicyclic) bond motifs is 1. The van der Waals surface area contributed by atoms with Crippen LogP contribution in [0.1, 0.15) is 30.2 Å². The van der Waals surface area contributed by atoms with Crippen molar-refractivity contribution in [3.63, 3.8) is 0 Å². The van der Waals surface area contributed by atoms with Gasteiger partial charge in [0.1, 0.15) is 0 Å². The van der Waals surface area contributed by atoms with Gasteiger partial charge in [0, 0.05) is 23.2 Å². The summed E-state index contributed by atoms with van der Waals surface area (Å²) < 4.78 is 1.97. The minimum atomic E-state index is 0.229. The van der Waals surface area contributed by atoms with E-state index in [0.717, 1.165) is 17.2 Å². The summed E-state index contributed by atoms with van der Waals surface area (Å²) in [5, 5.41) is 1.90. The van der Waals surface area contributed by atoms with Gasteiger partial charge in [0.15, 0.2) is 6.29 Å². The SMILES string of the molecule is CC(C)n1cc(C=O)c2c(Cl)ccc(Cl)c21. The lowest BCUT2D eigenvalue weighted by molar-refractivity contribution is 0.112. The molecule has 2 nitrogen and oxygen atoms in total. The molecule has 0 N–H and O–H groups in total. The van der Waals surface area contributed by atoms with Gasteiger partial charge >= 0.3 is 0 Å². The maximum atomic E-state index is 11.0. The molecule has 1 aromatic heterocycles. The molecule has 0 saturated heterocycles. The summed E-state index contributed by atoms with van der Waals surface area (Å²) in [4.78, 5) is 11.0. The molecule has 16 heavy (non-hydrogen) atoms. The van der Waals surface area contributed by atoms with E-state index in [1.54, 1.807) is 18.3 Å². The Bertz CT molecular complexity index is 558. The number of halogens is 2. The fourth-order valence-corrected chi connectivity index (χ4v) is 2.36.